The summed E-state index contributed by atoms with van der Waals surface area (Å²) in [5.41, 5.74) is 0. The molecular formula is C75H133N2O7P. The Kier molecular flexibility index (Phi) is 61.2. The number of carbonyl (C=O) groups excluding carboxylic acids is 2. The van der Waals surface area contributed by atoms with Crippen molar-refractivity contribution in [3.63, 3.8) is 0 Å². The fraction of sp³-hybridized carbons (Fsp3) is 0.733. The summed E-state index contributed by atoms with van der Waals surface area (Å²) in [5.74, 6) is -0.635. The van der Waals surface area contributed by atoms with Crippen molar-refractivity contribution >= 4 is 19.7 Å². The molecule has 490 valence electrons. The van der Waals surface area contributed by atoms with E-state index in [-0.39, 0.29) is 18.9 Å². The first kappa shape index (κ1) is 81.7. The van der Waals surface area contributed by atoms with Crippen LogP contribution in [0.1, 0.15) is 303 Å². The lowest BCUT2D eigenvalue weighted by Gasteiger charge is -2.30. The Morgan fingerprint density at radius 2 is 0.765 bits per heavy atom. The molecule has 0 aromatic carbocycles. The molecule has 0 saturated heterocycles. The van der Waals surface area contributed by atoms with Crippen molar-refractivity contribution in [1.29, 1.82) is 0 Å². The summed E-state index contributed by atoms with van der Waals surface area (Å²) in [6.45, 7) is 6.68. The van der Waals surface area contributed by atoms with E-state index in [1.807, 2.05) is 39.4 Å². The maximum absolute atomic E-state index is 13.6. The number of amides is 1. The molecule has 0 aliphatic carbocycles. The van der Waals surface area contributed by atoms with Gasteiger partial charge in [-0.3, -0.25) is 14.2 Å². The van der Waals surface area contributed by atoms with Crippen molar-refractivity contribution in [3.05, 3.63) is 109 Å². The molecule has 3 atom stereocenters. The number of phosphoric acid groups is 1. The molecule has 0 rings (SSSR count). The quantitative estimate of drug-likeness (QED) is 0.0212. The number of hydrogen-bond acceptors (Lipinski definition) is 7. The van der Waals surface area contributed by atoms with Gasteiger partial charge in [0.2, 0.25) is 5.91 Å². The Balaban J connectivity index is 5.15. The maximum atomic E-state index is 13.6. The summed E-state index contributed by atoms with van der Waals surface area (Å²) in [6.07, 6.45) is 88.0. The van der Waals surface area contributed by atoms with Crippen molar-refractivity contribution in [1.82, 2.24) is 5.32 Å². The number of esters is 1. The van der Waals surface area contributed by atoms with Crippen LogP contribution < -0.4 is 10.2 Å². The third-order valence-electron chi connectivity index (χ3n) is 15.2. The van der Waals surface area contributed by atoms with Gasteiger partial charge in [-0.05, 0) is 102 Å². The highest BCUT2D eigenvalue weighted by molar-refractivity contribution is 7.45. The molecule has 3 unspecified atom stereocenters. The van der Waals surface area contributed by atoms with E-state index >= 15 is 0 Å². The van der Waals surface area contributed by atoms with E-state index in [0.717, 1.165) is 89.9 Å². The van der Waals surface area contributed by atoms with Gasteiger partial charge in [-0.25, -0.2) is 0 Å². The fourth-order valence-corrected chi connectivity index (χ4v) is 10.5. The molecule has 10 heteroatoms. The fourth-order valence-electron chi connectivity index (χ4n) is 9.82. The lowest BCUT2D eigenvalue weighted by molar-refractivity contribution is -0.870. The van der Waals surface area contributed by atoms with Crippen LogP contribution in [0.5, 0.6) is 0 Å². The number of likely N-dealkylation sites (N-methyl/N-ethyl adjacent to an activating group) is 1. The van der Waals surface area contributed by atoms with E-state index in [0.29, 0.717) is 23.9 Å². The number of rotatable bonds is 63. The number of allylic oxidation sites excluding steroid dienone is 17. The molecule has 0 aromatic heterocycles. The normalized spacial score (nSPS) is 14.2. The highest BCUT2D eigenvalue weighted by Crippen LogP contribution is 2.38. The van der Waals surface area contributed by atoms with Gasteiger partial charge in [0.25, 0.3) is 7.82 Å². The maximum Gasteiger partial charge on any atom is 0.306 e. The smallest absolute Gasteiger partial charge is 0.306 e. The van der Waals surface area contributed by atoms with Gasteiger partial charge in [0.05, 0.1) is 33.8 Å². The van der Waals surface area contributed by atoms with Gasteiger partial charge in [0, 0.05) is 12.8 Å². The number of unbranched alkanes of at least 4 members (excludes halogenated alkanes) is 31. The van der Waals surface area contributed by atoms with Crippen molar-refractivity contribution in [2.75, 3.05) is 40.9 Å². The molecule has 0 spiro atoms. The summed E-state index contributed by atoms with van der Waals surface area (Å²) >= 11 is 0. The first-order chi connectivity index (χ1) is 41.4. The van der Waals surface area contributed by atoms with Crippen LogP contribution in [-0.2, 0) is 27.9 Å². The van der Waals surface area contributed by atoms with Gasteiger partial charge in [-0.15, -0.1) is 0 Å². The third kappa shape index (κ3) is 65.0. The number of phosphoric ester groups is 1. The van der Waals surface area contributed by atoms with E-state index in [2.05, 4.69) is 117 Å². The Bertz CT molecular complexity index is 1820. The minimum atomic E-state index is -4.73. The van der Waals surface area contributed by atoms with Crippen molar-refractivity contribution < 1.29 is 37.3 Å². The van der Waals surface area contributed by atoms with Crippen LogP contribution in [0.25, 0.3) is 0 Å². The van der Waals surface area contributed by atoms with Gasteiger partial charge < -0.3 is 28.5 Å². The topological polar surface area (TPSA) is 114 Å². The molecule has 0 saturated carbocycles. The van der Waals surface area contributed by atoms with Crippen molar-refractivity contribution in [2.24, 2.45) is 0 Å². The average Bonchev–Trinajstić information content (AvgIpc) is 3.50. The molecule has 1 amide bonds. The lowest BCUT2D eigenvalue weighted by Crippen LogP contribution is -2.47. The zero-order valence-electron chi connectivity index (χ0n) is 56.0. The average molecular weight is 1210 g/mol. The molecule has 1 N–H and O–H groups in total. The third-order valence-corrected chi connectivity index (χ3v) is 16.2. The molecule has 85 heavy (non-hydrogen) atoms. The van der Waals surface area contributed by atoms with Gasteiger partial charge >= 0.3 is 5.97 Å². The predicted molar refractivity (Wildman–Crippen MR) is 367 cm³/mol. The van der Waals surface area contributed by atoms with E-state index in [1.165, 1.54) is 173 Å². The van der Waals surface area contributed by atoms with Crippen LogP contribution in [0.4, 0.5) is 0 Å². The summed E-state index contributed by atoms with van der Waals surface area (Å²) in [5, 5.41) is 3.02. The second-order valence-electron chi connectivity index (χ2n) is 24.6. The highest BCUT2D eigenvalue weighted by Gasteiger charge is 2.27. The summed E-state index contributed by atoms with van der Waals surface area (Å²) < 4.78 is 30.4. The van der Waals surface area contributed by atoms with Crippen LogP contribution in [0.2, 0.25) is 0 Å². The molecule has 0 bridgehead atoms. The Morgan fingerprint density at radius 1 is 0.424 bits per heavy atom. The minimum absolute atomic E-state index is 0.0372. The molecule has 0 radical (unpaired) electrons. The van der Waals surface area contributed by atoms with E-state index in [1.54, 1.807) is 0 Å². The zero-order chi connectivity index (χ0) is 62.1. The highest BCUT2D eigenvalue weighted by atomic mass is 31.2. The Hall–Kier alpha value is -3.33. The SMILES string of the molecule is CC/C=C\C/C=C\C/C=C\C/C=C\C/C=C\C/C=C\CCC(=O)OC(/C=C\CCCCCCCCCCCCC)C(COP(=O)([O-])OCC[N+](C)(C)C)NC(=O)CCCCCCCCCCCCCCCCCCC/C=C\C/C=C\CCCCC. The van der Waals surface area contributed by atoms with Crippen molar-refractivity contribution in [2.45, 2.75) is 315 Å². The largest absolute Gasteiger partial charge is 0.756 e. The van der Waals surface area contributed by atoms with E-state index < -0.39 is 32.5 Å². The van der Waals surface area contributed by atoms with E-state index in [4.69, 9.17) is 13.8 Å². The molecule has 0 fully saturated rings. The van der Waals surface area contributed by atoms with Crippen LogP contribution in [-0.4, -0.2) is 69.4 Å². The number of hydrogen-bond donors (Lipinski definition) is 1. The number of nitrogens with one attached hydrogen (secondary N) is 1. The number of ether oxygens (including phenoxy) is 1. The lowest BCUT2D eigenvalue weighted by atomic mass is 10.0. The summed E-state index contributed by atoms with van der Waals surface area (Å²) in [7, 11) is 1.14. The molecule has 9 nitrogen and oxygen atoms in total. The Morgan fingerprint density at radius 3 is 1.18 bits per heavy atom. The number of nitrogens with zero attached hydrogens (tertiary/aromatic N) is 1. The van der Waals surface area contributed by atoms with Crippen molar-refractivity contribution in [3.8, 4) is 0 Å². The second kappa shape index (κ2) is 63.7. The number of carbonyl (C=O) groups is 2. The standard InChI is InChI=1S/C75H133N2O7P/c1-7-10-13-16-19-22-25-28-30-32-34-35-36-37-38-39-40-41-43-44-46-49-52-55-58-61-64-67-74(78)76-72(71-83-85(80,81)82-70-69-77(4,5)6)73(66-63-60-57-54-51-48-27-24-21-18-15-12-9-3)84-75(79)68-65-62-59-56-53-50-47-45-42-33-31-29-26-23-20-17-14-11-8-2/h11,14,19-20,22-23,28-31,42,45,50,53,59,62-63,66,72-73H,7-10,12-13,15-18,21,24-27,32-41,43-44,46-49,51-52,54-58,60-61,64-65,67-71H2,1-6H3,(H-,76,78,80,81)/b14-11-,22-19-,23-20-,30-28-,31-29-,45-42-,53-50-,62-59-,66-63-. The second-order valence-corrected chi connectivity index (χ2v) is 26.1. The molecule has 0 aromatic rings. The van der Waals surface area contributed by atoms with Gasteiger partial charge in [0.1, 0.15) is 19.3 Å². The van der Waals surface area contributed by atoms with Gasteiger partial charge in [-0.1, -0.05) is 297 Å². The zero-order valence-corrected chi connectivity index (χ0v) is 56.9. The molecule has 0 aliphatic heterocycles. The van der Waals surface area contributed by atoms with Crippen LogP contribution in [0, 0.1) is 0 Å². The summed E-state index contributed by atoms with van der Waals surface area (Å²) in [6, 6.07) is -0.925. The first-order valence-electron chi connectivity index (χ1n) is 35.2. The number of quaternary nitrogens is 1. The van der Waals surface area contributed by atoms with Crippen LogP contribution >= 0.6 is 7.82 Å². The first-order valence-corrected chi connectivity index (χ1v) is 36.7. The van der Waals surface area contributed by atoms with Gasteiger partial charge in [-0.2, -0.15) is 0 Å². The molecular weight excluding hydrogens is 1070 g/mol. The summed E-state index contributed by atoms with van der Waals surface area (Å²) in [4.78, 5) is 40.1. The predicted octanol–water partition coefficient (Wildman–Crippen LogP) is 21.8. The Labute approximate surface area is 525 Å². The monoisotopic (exact) mass is 1200 g/mol. The molecule has 0 aliphatic rings. The van der Waals surface area contributed by atoms with Crippen LogP contribution in [0.3, 0.4) is 0 Å². The van der Waals surface area contributed by atoms with Gasteiger partial charge in [0.15, 0.2) is 0 Å². The molecule has 0 heterocycles. The van der Waals surface area contributed by atoms with E-state index in [9.17, 15) is 19.0 Å². The van der Waals surface area contributed by atoms with Crippen LogP contribution in [0.15, 0.2) is 109 Å². The minimum Gasteiger partial charge on any atom is -0.756 e.